The normalized spacial score (nSPS) is 16.8. The van der Waals surface area contributed by atoms with Crippen LogP contribution in [0, 0.1) is 0 Å². The van der Waals surface area contributed by atoms with Crippen LogP contribution in [-0.4, -0.2) is 50.8 Å². The molecule has 1 aromatic carbocycles. The number of nitrogens with zero attached hydrogens (tertiary/aromatic N) is 1. The van der Waals surface area contributed by atoms with Gasteiger partial charge in [-0.15, -0.1) is 12.4 Å². The number of amides is 1. The Morgan fingerprint density at radius 2 is 1.86 bits per heavy atom. The number of carbonyl (C=O) groups excluding carboxylic acids is 1. The molecule has 0 radical (unpaired) electrons. The number of hydrogen-bond donors (Lipinski definition) is 1. The monoisotopic (exact) mass is 328 g/mol. The summed E-state index contributed by atoms with van der Waals surface area (Å²) in [7, 11) is 3.23. The van der Waals surface area contributed by atoms with Gasteiger partial charge in [-0.1, -0.05) is 12.1 Å². The second kappa shape index (κ2) is 8.98. The van der Waals surface area contributed by atoms with E-state index in [2.05, 4.69) is 12.1 Å². The third-order valence-electron chi connectivity index (χ3n) is 4.06. The summed E-state index contributed by atoms with van der Waals surface area (Å²) >= 11 is 0. The smallest absolute Gasteiger partial charge is 0.241 e. The van der Waals surface area contributed by atoms with Crippen molar-refractivity contribution in [3.05, 3.63) is 29.8 Å². The fourth-order valence-electron chi connectivity index (χ4n) is 2.79. The first-order valence-corrected chi connectivity index (χ1v) is 7.33. The van der Waals surface area contributed by atoms with Gasteiger partial charge in [-0.2, -0.15) is 0 Å². The summed E-state index contributed by atoms with van der Waals surface area (Å²) in [5.74, 6) is 1.36. The van der Waals surface area contributed by atoms with Crippen molar-refractivity contribution in [2.24, 2.45) is 5.73 Å². The van der Waals surface area contributed by atoms with Crippen molar-refractivity contribution in [3.8, 4) is 5.75 Å². The third-order valence-corrected chi connectivity index (χ3v) is 4.06. The largest absolute Gasteiger partial charge is 0.497 e. The quantitative estimate of drug-likeness (QED) is 0.895. The number of ether oxygens (including phenoxy) is 2. The molecule has 1 aliphatic heterocycles. The maximum absolute atomic E-state index is 12.1. The van der Waals surface area contributed by atoms with Gasteiger partial charge in [0.1, 0.15) is 11.8 Å². The lowest BCUT2D eigenvalue weighted by atomic mass is 9.89. The summed E-state index contributed by atoms with van der Waals surface area (Å²) in [6, 6.07) is 7.64. The minimum absolute atomic E-state index is 0. The molecule has 1 atom stereocenters. The number of benzene rings is 1. The van der Waals surface area contributed by atoms with Gasteiger partial charge in [0.05, 0.1) is 13.7 Å². The fraction of sp³-hybridized carbons (Fsp3) is 0.562. The van der Waals surface area contributed by atoms with Crippen LogP contribution in [0.1, 0.15) is 24.3 Å². The lowest BCUT2D eigenvalue weighted by Gasteiger charge is -2.33. The van der Waals surface area contributed by atoms with E-state index in [1.54, 1.807) is 14.2 Å². The topological polar surface area (TPSA) is 64.8 Å². The average molecular weight is 329 g/mol. The van der Waals surface area contributed by atoms with E-state index >= 15 is 0 Å². The molecule has 22 heavy (non-hydrogen) atoms. The number of likely N-dealkylation sites (tertiary alicyclic amines) is 1. The van der Waals surface area contributed by atoms with E-state index in [-0.39, 0.29) is 24.9 Å². The Balaban J connectivity index is 0.00000242. The second-order valence-electron chi connectivity index (χ2n) is 5.43. The SMILES string of the molecule is COCC(N)C(=O)N1CCC(c2ccc(OC)cc2)CC1.Cl. The summed E-state index contributed by atoms with van der Waals surface area (Å²) in [4.78, 5) is 14.0. The van der Waals surface area contributed by atoms with Gasteiger partial charge >= 0.3 is 0 Å². The molecule has 0 spiro atoms. The van der Waals surface area contributed by atoms with Crippen LogP contribution in [0.4, 0.5) is 0 Å². The van der Waals surface area contributed by atoms with Crippen LogP contribution in [0.3, 0.4) is 0 Å². The number of halogens is 1. The van der Waals surface area contributed by atoms with Crippen molar-refractivity contribution in [2.75, 3.05) is 33.9 Å². The van der Waals surface area contributed by atoms with E-state index in [4.69, 9.17) is 15.2 Å². The van der Waals surface area contributed by atoms with E-state index in [1.807, 2.05) is 17.0 Å². The molecule has 0 bridgehead atoms. The number of rotatable bonds is 5. The molecule has 1 amide bonds. The number of nitrogens with two attached hydrogens (primary N) is 1. The minimum atomic E-state index is -0.549. The molecule has 1 aliphatic rings. The van der Waals surface area contributed by atoms with E-state index < -0.39 is 6.04 Å². The Labute approximate surface area is 138 Å². The van der Waals surface area contributed by atoms with Gasteiger partial charge < -0.3 is 20.1 Å². The second-order valence-corrected chi connectivity index (χ2v) is 5.43. The first-order valence-electron chi connectivity index (χ1n) is 7.33. The van der Waals surface area contributed by atoms with Crippen LogP contribution in [0.5, 0.6) is 5.75 Å². The third kappa shape index (κ3) is 4.60. The molecule has 0 saturated carbocycles. The Morgan fingerprint density at radius 1 is 1.27 bits per heavy atom. The molecule has 1 fully saturated rings. The maximum Gasteiger partial charge on any atom is 0.241 e. The van der Waals surface area contributed by atoms with Crippen LogP contribution in [0.15, 0.2) is 24.3 Å². The molecule has 2 rings (SSSR count). The maximum atomic E-state index is 12.1. The van der Waals surface area contributed by atoms with Gasteiger partial charge in [0, 0.05) is 20.2 Å². The van der Waals surface area contributed by atoms with Crippen molar-refractivity contribution >= 4 is 18.3 Å². The standard InChI is InChI=1S/C16H24N2O3.ClH/c1-20-11-15(17)16(19)18-9-7-13(8-10-18)12-3-5-14(21-2)6-4-12;/h3-6,13,15H,7-11,17H2,1-2H3;1H. The lowest BCUT2D eigenvalue weighted by Crippen LogP contribution is -2.48. The van der Waals surface area contributed by atoms with E-state index in [0.717, 1.165) is 31.7 Å². The minimum Gasteiger partial charge on any atom is -0.497 e. The summed E-state index contributed by atoms with van der Waals surface area (Å²) in [5, 5.41) is 0. The highest BCUT2D eigenvalue weighted by Crippen LogP contribution is 2.29. The average Bonchev–Trinajstić information content (AvgIpc) is 2.54. The van der Waals surface area contributed by atoms with Gasteiger partial charge in [0.15, 0.2) is 0 Å². The van der Waals surface area contributed by atoms with Gasteiger partial charge in [-0.25, -0.2) is 0 Å². The molecule has 1 saturated heterocycles. The number of hydrogen-bond acceptors (Lipinski definition) is 4. The van der Waals surface area contributed by atoms with Crippen molar-refractivity contribution in [2.45, 2.75) is 24.8 Å². The Morgan fingerprint density at radius 3 is 2.36 bits per heavy atom. The van der Waals surface area contributed by atoms with Crippen LogP contribution < -0.4 is 10.5 Å². The molecule has 1 unspecified atom stereocenters. The molecule has 1 aromatic rings. The summed E-state index contributed by atoms with van der Waals surface area (Å²) in [6.07, 6.45) is 1.94. The van der Waals surface area contributed by atoms with Gasteiger partial charge in [-0.3, -0.25) is 4.79 Å². The van der Waals surface area contributed by atoms with Crippen molar-refractivity contribution < 1.29 is 14.3 Å². The highest BCUT2D eigenvalue weighted by atomic mass is 35.5. The Kier molecular flexibility index (Phi) is 7.65. The zero-order valence-corrected chi connectivity index (χ0v) is 14.0. The van der Waals surface area contributed by atoms with Crippen LogP contribution in [0.2, 0.25) is 0 Å². The zero-order chi connectivity index (χ0) is 15.2. The van der Waals surface area contributed by atoms with E-state index in [1.165, 1.54) is 5.56 Å². The van der Waals surface area contributed by atoms with Crippen molar-refractivity contribution in [3.63, 3.8) is 0 Å². The highest BCUT2D eigenvalue weighted by molar-refractivity contribution is 5.85. The first kappa shape index (κ1) is 18.7. The molecule has 0 aliphatic carbocycles. The highest BCUT2D eigenvalue weighted by Gasteiger charge is 2.26. The fourth-order valence-corrected chi connectivity index (χ4v) is 2.79. The number of piperidine rings is 1. The molecule has 124 valence electrons. The predicted molar refractivity (Wildman–Crippen MR) is 88.6 cm³/mol. The Bertz CT molecular complexity index is 459. The van der Waals surface area contributed by atoms with Gasteiger partial charge in [0.2, 0.25) is 5.91 Å². The number of carbonyl (C=O) groups is 1. The van der Waals surface area contributed by atoms with Crippen LogP contribution in [0.25, 0.3) is 0 Å². The summed E-state index contributed by atoms with van der Waals surface area (Å²) in [5.41, 5.74) is 7.12. The van der Waals surface area contributed by atoms with Crippen molar-refractivity contribution in [1.82, 2.24) is 4.90 Å². The first-order chi connectivity index (χ1) is 10.2. The number of methoxy groups -OCH3 is 2. The lowest BCUT2D eigenvalue weighted by molar-refractivity contribution is -0.134. The van der Waals surface area contributed by atoms with Crippen LogP contribution >= 0.6 is 12.4 Å². The van der Waals surface area contributed by atoms with Gasteiger partial charge in [-0.05, 0) is 36.5 Å². The molecule has 0 aromatic heterocycles. The van der Waals surface area contributed by atoms with Gasteiger partial charge in [0.25, 0.3) is 0 Å². The van der Waals surface area contributed by atoms with E-state index in [9.17, 15) is 4.79 Å². The van der Waals surface area contributed by atoms with Crippen LogP contribution in [-0.2, 0) is 9.53 Å². The predicted octanol–water partition coefficient (Wildman–Crippen LogP) is 1.80. The Hall–Kier alpha value is -1.30. The van der Waals surface area contributed by atoms with Crippen molar-refractivity contribution in [1.29, 1.82) is 0 Å². The summed E-state index contributed by atoms with van der Waals surface area (Å²) < 4.78 is 10.1. The summed E-state index contributed by atoms with van der Waals surface area (Å²) in [6.45, 7) is 1.79. The molecule has 5 nitrogen and oxygen atoms in total. The van der Waals surface area contributed by atoms with E-state index in [0.29, 0.717) is 5.92 Å². The molecule has 2 N–H and O–H groups in total. The molecule has 6 heteroatoms. The molecule has 1 heterocycles. The molecular formula is C16H25ClN2O3. The zero-order valence-electron chi connectivity index (χ0n) is 13.2. The molecular weight excluding hydrogens is 304 g/mol.